The molecule has 12 N–H and O–H groups in total. The lowest BCUT2D eigenvalue weighted by molar-refractivity contribution is -0.147. The maximum atomic E-state index is 13.0. The third kappa shape index (κ3) is 11.0. The first-order chi connectivity index (χ1) is 16.4. The molecular formula is C19H31N9O7. The first-order valence-electron chi connectivity index (χ1n) is 10.5. The Hall–Kier alpha value is -4.21. The Morgan fingerprint density at radius 1 is 1.03 bits per heavy atom. The number of aromatic nitrogens is 2. The minimum atomic E-state index is -1.73. The Morgan fingerprint density at radius 3 is 2.14 bits per heavy atom. The van der Waals surface area contributed by atoms with Crippen molar-refractivity contribution in [1.29, 1.82) is 0 Å². The maximum Gasteiger partial charge on any atom is 0.326 e. The second-order valence-corrected chi connectivity index (χ2v) is 7.64. The predicted octanol–water partition coefficient (Wildman–Crippen LogP) is -3.63. The fourth-order valence-corrected chi connectivity index (χ4v) is 2.82. The highest BCUT2D eigenvalue weighted by Crippen LogP contribution is 2.05. The second kappa shape index (κ2) is 14.1. The zero-order valence-electron chi connectivity index (χ0n) is 19.1. The minimum Gasteiger partial charge on any atom is -0.481 e. The molecule has 1 rings (SSSR count). The molecule has 0 radical (unpaired) electrons. The van der Waals surface area contributed by atoms with Gasteiger partial charge in [0.15, 0.2) is 5.96 Å². The lowest BCUT2D eigenvalue weighted by atomic mass is 10.1. The number of carbonyl (C=O) groups excluding carboxylic acids is 3. The van der Waals surface area contributed by atoms with E-state index in [4.69, 9.17) is 22.3 Å². The van der Waals surface area contributed by atoms with Crippen LogP contribution < -0.4 is 33.2 Å². The molecule has 0 saturated carbocycles. The highest BCUT2D eigenvalue weighted by molar-refractivity contribution is 5.94. The summed E-state index contributed by atoms with van der Waals surface area (Å²) in [6, 6.07) is -5.09. The number of carbonyl (C=O) groups is 5. The third-order valence-corrected chi connectivity index (χ3v) is 4.60. The van der Waals surface area contributed by atoms with Crippen LogP contribution in [0, 0.1) is 0 Å². The zero-order chi connectivity index (χ0) is 26.5. The topological polar surface area (TPSA) is 281 Å². The molecule has 4 unspecified atom stereocenters. The van der Waals surface area contributed by atoms with E-state index in [-0.39, 0.29) is 25.3 Å². The van der Waals surface area contributed by atoms with Gasteiger partial charge in [0.25, 0.3) is 0 Å². The van der Waals surface area contributed by atoms with E-state index in [0.29, 0.717) is 12.1 Å². The van der Waals surface area contributed by atoms with Gasteiger partial charge in [-0.1, -0.05) is 0 Å². The van der Waals surface area contributed by atoms with E-state index in [0.717, 1.165) is 0 Å². The van der Waals surface area contributed by atoms with Gasteiger partial charge in [-0.05, 0) is 19.8 Å². The molecule has 4 atom stereocenters. The monoisotopic (exact) mass is 497 g/mol. The van der Waals surface area contributed by atoms with Crippen LogP contribution in [0.15, 0.2) is 17.5 Å². The molecule has 0 fully saturated rings. The zero-order valence-corrected chi connectivity index (χ0v) is 19.1. The highest BCUT2D eigenvalue weighted by Gasteiger charge is 2.31. The number of imidazole rings is 1. The molecule has 0 bridgehead atoms. The summed E-state index contributed by atoms with van der Waals surface area (Å²) in [7, 11) is 0. The predicted molar refractivity (Wildman–Crippen MR) is 122 cm³/mol. The van der Waals surface area contributed by atoms with Crippen LogP contribution in [0.3, 0.4) is 0 Å². The van der Waals surface area contributed by atoms with Crippen molar-refractivity contribution < 1.29 is 34.2 Å². The largest absolute Gasteiger partial charge is 0.481 e. The van der Waals surface area contributed by atoms with E-state index in [9.17, 15) is 29.1 Å². The number of carboxylic acids is 2. The van der Waals surface area contributed by atoms with E-state index in [1.54, 1.807) is 0 Å². The SMILES string of the molecule is CC(N)C(=O)NC(CCCN=C(N)N)C(=O)NC(Cc1cnc[nH]1)C(=O)NC(CC(=O)O)C(=O)O. The number of carboxylic acid groups (broad SMARTS) is 2. The van der Waals surface area contributed by atoms with E-state index < -0.39 is 60.2 Å². The molecule has 1 aromatic rings. The molecule has 0 saturated heterocycles. The highest BCUT2D eigenvalue weighted by atomic mass is 16.4. The van der Waals surface area contributed by atoms with Gasteiger partial charge >= 0.3 is 11.9 Å². The van der Waals surface area contributed by atoms with Crippen LogP contribution in [0.1, 0.15) is 31.9 Å². The van der Waals surface area contributed by atoms with Gasteiger partial charge < -0.3 is 48.3 Å². The molecule has 1 heterocycles. The first-order valence-corrected chi connectivity index (χ1v) is 10.5. The fourth-order valence-electron chi connectivity index (χ4n) is 2.82. The summed E-state index contributed by atoms with van der Waals surface area (Å²) >= 11 is 0. The molecule has 0 aliphatic carbocycles. The number of aromatic amines is 1. The van der Waals surface area contributed by atoms with Crippen molar-refractivity contribution in [1.82, 2.24) is 25.9 Å². The summed E-state index contributed by atoms with van der Waals surface area (Å²) < 4.78 is 0. The third-order valence-electron chi connectivity index (χ3n) is 4.60. The number of nitrogens with one attached hydrogen (secondary N) is 4. The normalized spacial score (nSPS) is 14.0. The molecule has 0 spiro atoms. The van der Waals surface area contributed by atoms with E-state index in [1.165, 1.54) is 19.4 Å². The van der Waals surface area contributed by atoms with E-state index in [2.05, 4.69) is 30.9 Å². The van der Waals surface area contributed by atoms with Gasteiger partial charge in [0.1, 0.15) is 18.1 Å². The number of hydrogen-bond donors (Lipinski definition) is 9. The van der Waals surface area contributed by atoms with Gasteiger partial charge in [0.05, 0.1) is 18.8 Å². The van der Waals surface area contributed by atoms with Crippen LogP contribution in [0.5, 0.6) is 0 Å². The molecule has 1 aromatic heterocycles. The first kappa shape index (κ1) is 28.8. The number of guanidine groups is 1. The van der Waals surface area contributed by atoms with E-state index in [1.807, 2.05) is 0 Å². The van der Waals surface area contributed by atoms with Crippen molar-refractivity contribution in [2.75, 3.05) is 6.54 Å². The molecule has 0 aromatic carbocycles. The number of rotatable bonds is 15. The summed E-state index contributed by atoms with van der Waals surface area (Å²) in [5, 5.41) is 25.2. The number of H-pyrrole nitrogens is 1. The Kier molecular flexibility index (Phi) is 11.6. The Bertz CT molecular complexity index is 914. The number of nitrogens with zero attached hydrogens (tertiary/aromatic N) is 2. The van der Waals surface area contributed by atoms with E-state index >= 15 is 0 Å². The Labute approximate surface area is 200 Å². The second-order valence-electron chi connectivity index (χ2n) is 7.64. The van der Waals surface area contributed by atoms with Crippen LogP contribution in [-0.2, 0) is 30.4 Å². The standard InChI is InChI=1S/C19H31N9O7/c1-9(20)15(31)26-11(3-2-4-24-19(21)22)16(32)27-12(5-10-7-23-8-25-10)17(33)28-13(18(34)35)6-14(29)30/h7-9,11-13H,2-6,20H2,1H3,(H,23,25)(H,26,31)(H,27,32)(H,28,33)(H,29,30)(H,34,35)(H4,21,22,24). The summed E-state index contributed by atoms with van der Waals surface area (Å²) in [6.07, 6.45) is 2.13. The molecule has 16 nitrogen and oxygen atoms in total. The van der Waals surface area contributed by atoms with Crippen molar-refractivity contribution in [3.8, 4) is 0 Å². The number of hydrogen-bond acceptors (Lipinski definition) is 8. The van der Waals surface area contributed by atoms with Crippen LogP contribution >= 0.6 is 0 Å². The smallest absolute Gasteiger partial charge is 0.326 e. The Morgan fingerprint density at radius 2 is 1.63 bits per heavy atom. The van der Waals surface area contributed by atoms with Gasteiger partial charge in [0.2, 0.25) is 17.7 Å². The average Bonchev–Trinajstić information content (AvgIpc) is 3.27. The minimum absolute atomic E-state index is 0.0935. The summed E-state index contributed by atoms with van der Waals surface area (Å²) in [5.74, 6) is -5.46. The van der Waals surface area contributed by atoms with Crippen molar-refractivity contribution in [2.45, 2.75) is 56.8 Å². The molecule has 0 aliphatic heterocycles. The number of aliphatic carboxylic acids is 2. The summed E-state index contributed by atoms with van der Waals surface area (Å²) in [4.78, 5) is 70.6. The quantitative estimate of drug-likeness (QED) is 0.0647. The summed E-state index contributed by atoms with van der Waals surface area (Å²) in [6.45, 7) is 1.60. The fraction of sp³-hybridized carbons (Fsp3) is 0.526. The van der Waals surface area contributed by atoms with Crippen LogP contribution in [0.4, 0.5) is 0 Å². The molecule has 3 amide bonds. The number of aliphatic imine (C=N–C) groups is 1. The van der Waals surface area contributed by atoms with Crippen molar-refractivity contribution in [3.63, 3.8) is 0 Å². The molecule has 35 heavy (non-hydrogen) atoms. The van der Waals surface area contributed by atoms with Crippen molar-refractivity contribution in [3.05, 3.63) is 18.2 Å². The molecule has 0 aliphatic rings. The lowest BCUT2D eigenvalue weighted by Crippen LogP contribution is -2.57. The number of nitrogens with two attached hydrogens (primary N) is 3. The van der Waals surface area contributed by atoms with Crippen LogP contribution in [-0.4, -0.2) is 86.5 Å². The average molecular weight is 498 g/mol. The summed E-state index contributed by atoms with van der Waals surface area (Å²) in [5.41, 5.74) is 16.5. The lowest BCUT2D eigenvalue weighted by Gasteiger charge is -2.24. The number of amides is 3. The van der Waals surface area contributed by atoms with Gasteiger partial charge in [-0.3, -0.25) is 24.2 Å². The van der Waals surface area contributed by atoms with Crippen LogP contribution in [0.2, 0.25) is 0 Å². The van der Waals surface area contributed by atoms with Gasteiger partial charge in [0, 0.05) is 24.9 Å². The maximum absolute atomic E-state index is 13.0. The van der Waals surface area contributed by atoms with Crippen LogP contribution in [0.25, 0.3) is 0 Å². The molecule has 16 heteroatoms. The Balaban J connectivity index is 3.06. The van der Waals surface area contributed by atoms with Gasteiger partial charge in [-0.15, -0.1) is 0 Å². The molecular weight excluding hydrogens is 466 g/mol. The van der Waals surface area contributed by atoms with Gasteiger partial charge in [-0.2, -0.15) is 0 Å². The van der Waals surface area contributed by atoms with Gasteiger partial charge in [-0.25, -0.2) is 9.78 Å². The molecule has 194 valence electrons. The van der Waals surface area contributed by atoms with Crippen molar-refractivity contribution >= 4 is 35.6 Å². The van der Waals surface area contributed by atoms with Crippen molar-refractivity contribution in [2.24, 2.45) is 22.2 Å².